The molecule has 5 aromatic rings. The minimum atomic E-state index is -0.726. The maximum absolute atomic E-state index is 13.8. The van der Waals surface area contributed by atoms with Gasteiger partial charge in [-0.15, -0.1) is 0 Å². The quantitative estimate of drug-likeness (QED) is 0.0953. The zero-order valence-electron chi connectivity index (χ0n) is 38.2. The highest BCUT2D eigenvalue weighted by Crippen LogP contribution is 2.53. The van der Waals surface area contributed by atoms with Gasteiger partial charge in [0.2, 0.25) is 11.8 Å². The van der Waals surface area contributed by atoms with Crippen LogP contribution in [0.1, 0.15) is 101 Å². The molecule has 4 aliphatic rings. The lowest BCUT2D eigenvalue weighted by atomic mass is 9.82. The first kappa shape index (κ1) is 43.8. The maximum Gasteiger partial charge on any atom is 0.407 e. The Bertz CT molecular complexity index is 2640. The number of carbonyl (C=O) groups is 4. The number of fused-ring (bicyclic) bond motifs is 2. The number of likely N-dealkylation sites (tertiary alicyclic amines) is 1. The van der Waals surface area contributed by atoms with Crippen LogP contribution < -0.4 is 10.6 Å². The number of methoxy groups -OCH3 is 2. The molecule has 14 heteroatoms. The first-order chi connectivity index (χ1) is 31.4. The molecule has 4 atom stereocenters. The van der Waals surface area contributed by atoms with E-state index in [1.54, 1.807) is 4.90 Å². The first-order valence-corrected chi connectivity index (χ1v) is 23.1. The fraction of sp³-hybridized carbons (Fsp3) is 0.451. The van der Waals surface area contributed by atoms with Crippen LogP contribution in [0.25, 0.3) is 44.5 Å². The molecule has 2 fully saturated rings. The van der Waals surface area contributed by atoms with Crippen molar-refractivity contribution in [2.75, 3.05) is 27.3 Å². The Morgan fingerprint density at radius 3 is 1.97 bits per heavy atom. The van der Waals surface area contributed by atoms with E-state index in [-0.39, 0.29) is 41.1 Å². The topological polar surface area (TPSA) is 175 Å². The fourth-order valence-electron chi connectivity index (χ4n) is 10.8. The van der Waals surface area contributed by atoms with Gasteiger partial charge in [0.05, 0.1) is 43.2 Å². The van der Waals surface area contributed by atoms with Crippen molar-refractivity contribution in [3.63, 3.8) is 0 Å². The molecule has 2 aliphatic heterocycles. The van der Waals surface area contributed by atoms with Crippen LogP contribution in [0.4, 0.5) is 9.59 Å². The molecule has 4 heterocycles. The lowest BCUT2D eigenvalue weighted by Crippen LogP contribution is -2.51. The number of aromatic amines is 2. The second-order valence-corrected chi connectivity index (χ2v) is 19.1. The number of imidazole rings is 2. The van der Waals surface area contributed by atoms with Gasteiger partial charge in [-0.1, -0.05) is 95.2 Å². The summed E-state index contributed by atoms with van der Waals surface area (Å²) in [7, 11) is 2.60. The molecular weight excluding hydrogens is 821 g/mol. The first-order valence-electron chi connectivity index (χ1n) is 23.1. The van der Waals surface area contributed by atoms with Gasteiger partial charge < -0.3 is 39.9 Å². The van der Waals surface area contributed by atoms with Gasteiger partial charge in [0.15, 0.2) is 0 Å². The van der Waals surface area contributed by atoms with Gasteiger partial charge >= 0.3 is 12.2 Å². The standard InChI is InChI=1S/C51H60N8O6/c1-29(2)43(56-49(62)64-5)47(60)58-23-9-11-41(58)45-52-28-40(55-45)32-15-13-31(14-16-32)34-18-19-35(37-27-51(26-36(34)37)21-7-8-22-51)33-17-20-38-39(25-33)54-46(53-38)42-12-10-24-59(42)48(61)44(30(3)4)57-50(63)65-6/h9,11,13-20,25,28-30,41-44H,7-8,10,12,21-24,26-27H2,1-6H3,(H,52,55)(H,53,54)(H,56,62)(H,57,63)/t41-,42-,43?,44?/m0/s1. The normalized spacial score (nSPS) is 19.6. The number of ether oxygens (including phenoxy) is 2. The Hall–Kier alpha value is -6.44. The minimum Gasteiger partial charge on any atom is -0.453 e. The SMILES string of the molecule is COC(=O)NC(C(=O)N1CC=C[C@H]1c1ncc(-c2ccc(-c3ccc(-c4ccc5nc([C@@H]6CCCN6C(=O)C(NC(=O)OC)C(C)C)[nH]c5c4)c4c3CC3(CCCC3)C4)cc2)[nH]1)C(C)C. The average molecular weight is 881 g/mol. The lowest BCUT2D eigenvalue weighted by Gasteiger charge is -2.29. The fourth-order valence-corrected chi connectivity index (χ4v) is 10.8. The van der Waals surface area contributed by atoms with Gasteiger partial charge in [-0.3, -0.25) is 9.59 Å². The van der Waals surface area contributed by atoms with Crippen molar-refractivity contribution in [1.29, 1.82) is 0 Å². The summed E-state index contributed by atoms with van der Waals surface area (Å²) < 4.78 is 9.61. The number of aromatic nitrogens is 4. The molecule has 1 saturated carbocycles. The van der Waals surface area contributed by atoms with E-state index >= 15 is 0 Å². The number of hydrogen-bond donors (Lipinski definition) is 4. The van der Waals surface area contributed by atoms with Crippen LogP contribution >= 0.6 is 0 Å². The summed E-state index contributed by atoms with van der Waals surface area (Å²) in [5.74, 6) is 0.873. The van der Waals surface area contributed by atoms with Crippen molar-refractivity contribution in [2.45, 2.75) is 103 Å². The van der Waals surface area contributed by atoms with Crippen LogP contribution in [0.5, 0.6) is 0 Å². The molecule has 4 N–H and O–H groups in total. The van der Waals surface area contributed by atoms with Crippen LogP contribution in [-0.2, 0) is 31.9 Å². The van der Waals surface area contributed by atoms with Gasteiger partial charge in [0.1, 0.15) is 29.8 Å². The van der Waals surface area contributed by atoms with Gasteiger partial charge in [-0.05, 0) is 107 Å². The molecule has 2 aromatic heterocycles. The Kier molecular flexibility index (Phi) is 12.0. The Morgan fingerprint density at radius 2 is 1.34 bits per heavy atom. The molecule has 14 nitrogen and oxygen atoms in total. The summed E-state index contributed by atoms with van der Waals surface area (Å²) in [6, 6.07) is 17.7. The van der Waals surface area contributed by atoms with Crippen molar-refractivity contribution < 1.29 is 28.7 Å². The van der Waals surface area contributed by atoms with E-state index in [1.807, 2.05) is 50.9 Å². The number of H-pyrrole nitrogens is 2. The third kappa shape index (κ3) is 8.39. The molecule has 2 aliphatic carbocycles. The molecule has 9 rings (SSSR count). The molecule has 1 spiro atoms. The molecule has 4 amide bonds. The van der Waals surface area contributed by atoms with Crippen molar-refractivity contribution in [2.24, 2.45) is 17.3 Å². The number of nitrogens with zero attached hydrogens (tertiary/aromatic N) is 4. The summed E-state index contributed by atoms with van der Waals surface area (Å²) in [5.41, 5.74) is 11.7. The highest BCUT2D eigenvalue weighted by atomic mass is 16.5. The van der Waals surface area contributed by atoms with E-state index in [4.69, 9.17) is 19.4 Å². The highest BCUT2D eigenvalue weighted by Gasteiger charge is 2.42. The number of hydrogen-bond acceptors (Lipinski definition) is 8. The van der Waals surface area contributed by atoms with E-state index < -0.39 is 24.3 Å². The molecular formula is C51H60N8O6. The van der Waals surface area contributed by atoms with Crippen LogP contribution in [0.2, 0.25) is 0 Å². The zero-order chi connectivity index (χ0) is 45.6. The third-order valence-corrected chi connectivity index (χ3v) is 14.3. The number of rotatable bonds is 11. The van der Waals surface area contributed by atoms with Gasteiger partial charge in [0.25, 0.3) is 0 Å². The zero-order valence-corrected chi connectivity index (χ0v) is 38.2. The van der Waals surface area contributed by atoms with Gasteiger partial charge in [-0.25, -0.2) is 19.6 Å². The smallest absolute Gasteiger partial charge is 0.407 e. The van der Waals surface area contributed by atoms with Crippen molar-refractivity contribution in [3.8, 4) is 33.5 Å². The summed E-state index contributed by atoms with van der Waals surface area (Å²) >= 11 is 0. The van der Waals surface area contributed by atoms with Crippen LogP contribution in [0.15, 0.2) is 72.9 Å². The molecule has 65 heavy (non-hydrogen) atoms. The van der Waals surface area contributed by atoms with Crippen LogP contribution in [0.3, 0.4) is 0 Å². The van der Waals surface area contributed by atoms with E-state index in [2.05, 4.69) is 75.2 Å². The molecule has 340 valence electrons. The highest BCUT2D eigenvalue weighted by molar-refractivity contribution is 5.89. The molecule has 0 radical (unpaired) electrons. The number of carbonyl (C=O) groups excluding carboxylic acids is 4. The predicted octanol–water partition coefficient (Wildman–Crippen LogP) is 8.81. The van der Waals surface area contributed by atoms with Gasteiger partial charge in [-0.2, -0.15) is 0 Å². The molecule has 1 saturated heterocycles. The van der Waals surface area contributed by atoms with E-state index in [9.17, 15) is 19.2 Å². The summed E-state index contributed by atoms with van der Waals surface area (Å²) in [6.07, 6.45) is 13.3. The van der Waals surface area contributed by atoms with Crippen molar-refractivity contribution in [3.05, 3.63) is 95.7 Å². The maximum atomic E-state index is 13.8. The summed E-state index contributed by atoms with van der Waals surface area (Å²) in [6.45, 7) is 8.66. The molecule has 3 aromatic carbocycles. The van der Waals surface area contributed by atoms with Gasteiger partial charge in [0, 0.05) is 13.1 Å². The predicted molar refractivity (Wildman–Crippen MR) is 248 cm³/mol. The number of alkyl carbamates (subject to hydrolysis) is 2. The lowest BCUT2D eigenvalue weighted by molar-refractivity contribution is -0.136. The Balaban J connectivity index is 0.965. The number of amides is 4. The second-order valence-electron chi connectivity index (χ2n) is 19.1. The summed E-state index contributed by atoms with van der Waals surface area (Å²) in [4.78, 5) is 72.1. The van der Waals surface area contributed by atoms with Crippen LogP contribution in [-0.4, -0.2) is 93.1 Å². The van der Waals surface area contributed by atoms with Crippen LogP contribution in [0, 0.1) is 17.3 Å². The minimum absolute atomic E-state index is 0.107. The van der Waals surface area contributed by atoms with E-state index in [0.717, 1.165) is 59.4 Å². The average Bonchev–Trinajstić information content (AvgIpc) is 4.17. The molecule has 0 bridgehead atoms. The number of nitrogens with one attached hydrogen (secondary N) is 4. The number of benzene rings is 3. The van der Waals surface area contributed by atoms with Crippen molar-refractivity contribution in [1.82, 2.24) is 40.4 Å². The summed E-state index contributed by atoms with van der Waals surface area (Å²) in [5, 5.41) is 5.44. The monoisotopic (exact) mass is 880 g/mol. The Labute approximate surface area is 380 Å². The third-order valence-electron chi connectivity index (χ3n) is 14.3. The van der Waals surface area contributed by atoms with E-state index in [1.165, 1.54) is 67.7 Å². The van der Waals surface area contributed by atoms with Crippen molar-refractivity contribution >= 4 is 35.0 Å². The molecule has 2 unspecified atom stereocenters. The van der Waals surface area contributed by atoms with E-state index in [0.29, 0.717) is 18.9 Å². The largest absolute Gasteiger partial charge is 0.453 e. The second kappa shape index (κ2) is 17.9. The Morgan fingerprint density at radius 1 is 0.738 bits per heavy atom.